The zero-order chi connectivity index (χ0) is 18.4. The first-order valence-corrected chi connectivity index (χ1v) is 8.65. The molecule has 1 aliphatic rings. The third-order valence-corrected chi connectivity index (χ3v) is 4.56. The first-order valence-electron chi connectivity index (χ1n) is 8.65. The largest absolute Gasteiger partial charge is 0.486 e. The lowest BCUT2D eigenvalue weighted by Crippen LogP contribution is -2.16. The number of aromatic nitrogens is 4. The van der Waals surface area contributed by atoms with Crippen molar-refractivity contribution in [2.45, 2.75) is 6.92 Å². The maximum atomic E-state index is 12.7. The number of H-pyrrole nitrogens is 1. The van der Waals surface area contributed by atoms with Crippen molar-refractivity contribution in [3.8, 4) is 34.0 Å². The highest BCUT2D eigenvalue weighted by atomic mass is 16.6. The first kappa shape index (κ1) is 15.6. The smallest absolute Gasteiger partial charge is 0.274 e. The molecule has 27 heavy (non-hydrogen) atoms. The minimum Gasteiger partial charge on any atom is -0.486 e. The molecule has 0 saturated heterocycles. The van der Waals surface area contributed by atoms with E-state index >= 15 is 0 Å². The Morgan fingerprint density at radius 3 is 2.74 bits per heavy atom. The summed E-state index contributed by atoms with van der Waals surface area (Å²) in [5, 5.41) is 4.38. The van der Waals surface area contributed by atoms with Gasteiger partial charge in [-0.2, -0.15) is 9.61 Å². The van der Waals surface area contributed by atoms with Crippen LogP contribution in [0, 0.1) is 6.92 Å². The van der Waals surface area contributed by atoms with Crippen LogP contribution in [0.1, 0.15) is 5.69 Å². The van der Waals surface area contributed by atoms with Crippen LogP contribution in [0.25, 0.3) is 28.2 Å². The molecular formula is C20H16N4O3. The van der Waals surface area contributed by atoms with Gasteiger partial charge < -0.3 is 14.5 Å². The van der Waals surface area contributed by atoms with Crippen molar-refractivity contribution < 1.29 is 9.47 Å². The molecule has 0 amide bonds. The topological polar surface area (TPSA) is 81.5 Å². The van der Waals surface area contributed by atoms with E-state index < -0.39 is 0 Å². The monoisotopic (exact) mass is 360 g/mol. The van der Waals surface area contributed by atoms with Crippen LogP contribution < -0.4 is 15.0 Å². The molecule has 0 spiro atoms. The van der Waals surface area contributed by atoms with Gasteiger partial charge in [-0.15, -0.1) is 0 Å². The number of hydrogen-bond donors (Lipinski definition) is 1. The molecule has 4 aromatic rings. The van der Waals surface area contributed by atoms with Crippen LogP contribution in [0.3, 0.4) is 0 Å². The lowest BCUT2D eigenvalue weighted by atomic mass is 10.1. The SMILES string of the molecule is Cc1nn2c(=O)cc(-c3ccc4c(c3)OCCO4)[nH]c2c1-c1ccccn1. The van der Waals surface area contributed by atoms with Gasteiger partial charge in [0.1, 0.15) is 18.9 Å². The number of nitrogens with zero attached hydrogens (tertiary/aromatic N) is 3. The van der Waals surface area contributed by atoms with Crippen molar-refractivity contribution in [2.24, 2.45) is 0 Å². The van der Waals surface area contributed by atoms with E-state index in [2.05, 4.69) is 15.1 Å². The Hall–Kier alpha value is -3.61. The van der Waals surface area contributed by atoms with Gasteiger partial charge in [-0.05, 0) is 37.3 Å². The van der Waals surface area contributed by atoms with Crippen LogP contribution in [0.4, 0.5) is 0 Å². The average molecular weight is 360 g/mol. The molecule has 1 aliphatic heterocycles. The zero-order valence-electron chi connectivity index (χ0n) is 14.6. The van der Waals surface area contributed by atoms with Crippen LogP contribution in [-0.2, 0) is 0 Å². The summed E-state index contributed by atoms with van der Waals surface area (Å²) in [6.45, 7) is 2.92. The van der Waals surface area contributed by atoms with E-state index in [-0.39, 0.29) is 5.56 Å². The Morgan fingerprint density at radius 2 is 1.93 bits per heavy atom. The van der Waals surface area contributed by atoms with Crippen LogP contribution in [0.15, 0.2) is 53.5 Å². The predicted molar refractivity (Wildman–Crippen MR) is 100 cm³/mol. The molecule has 1 aromatic carbocycles. The normalized spacial score (nSPS) is 13.1. The summed E-state index contributed by atoms with van der Waals surface area (Å²) in [4.78, 5) is 20.4. The predicted octanol–water partition coefficient (Wildman–Crippen LogP) is 2.83. The molecule has 0 radical (unpaired) electrons. The van der Waals surface area contributed by atoms with Crippen molar-refractivity contribution in [1.29, 1.82) is 0 Å². The Kier molecular flexibility index (Phi) is 3.46. The van der Waals surface area contributed by atoms with E-state index in [0.717, 1.165) is 22.5 Å². The fourth-order valence-corrected chi connectivity index (χ4v) is 3.33. The molecule has 0 fully saturated rings. The summed E-state index contributed by atoms with van der Waals surface area (Å²) in [5.74, 6) is 1.39. The van der Waals surface area contributed by atoms with Crippen molar-refractivity contribution in [3.63, 3.8) is 0 Å². The number of fused-ring (bicyclic) bond motifs is 2. The highest BCUT2D eigenvalue weighted by Gasteiger charge is 2.17. The molecule has 3 aromatic heterocycles. The van der Waals surface area contributed by atoms with Gasteiger partial charge in [-0.25, -0.2) is 0 Å². The van der Waals surface area contributed by atoms with Gasteiger partial charge in [0.2, 0.25) is 0 Å². The maximum absolute atomic E-state index is 12.7. The molecule has 134 valence electrons. The number of aryl methyl sites for hydroxylation is 1. The maximum Gasteiger partial charge on any atom is 0.274 e. The Morgan fingerprint density at radius 1 is 1.07 bits per heavy atom. The van der Waals surface area contributed by atoms with E-state index in [0.29, 0.717) is 36.1 Å². The van der Waals surface area contributed by atoms with E-state index in [4.69, 9.17) is 9.47 Å². The number of hydrogen-bond acceptors (Lipinski definition) is 5. The molecule has 0 aliphatic carbocycles. The van der Waals surface area contributed by atoms with Crippen LogP contribution in [0.2, 0.25) is 0 Å². The van der Waals surface area contributed by atoms with Gasteiger partial charge in [-0.1, -0.05) is 6.07 Å². The zero-order valence-corrected chi connectivity index (χ0v) is 14.6. The lowest BCUT2D eigenvalue weighted by molar-refractivity contribution is 0.171. The quantitative estimate of drug-likeness (QED) is 0.594. The first-order chi connectivity index (χ1) is 13.2. The number of nitrogens with one attached hydrogen (secondary N) is 1. The standard InChI is InChI=1S/C20H16N4O3/c1-12-19(14-4-2-3-7-21-14)20-22-15(11-18(25)24(20)23-12)13-5-6-16-17(10-13)27-9-8-26-16/h2-7,10-11,22H,8-9H2,1H3. The number of ether oxygens (including phenoxy) is 2. The molecule has 0 atom stereocenters. The van der Waals surface area contributed by atoms with Gasteiger partial charge in [-0.3, -0.25) is 9.78 Å². The average Bonchev–Trinajstić information content (AvgIpc) is 3.05. The molecule has 4 heterocycles. The van der Waals surface area contributed by atoms with E-state index in [1.54, 1.807) is 6.20 Å². The van der Waals surface area contributed by atoms with Crippen LogP contribution >= 0.6 is 0 Å². The number of rotatable bonds is 2. The summed E-state index contributed by atoms with van der Waals surface area (Å²) in [6, 6.07) is 12.8. The van der Waals surface area contributed by atoms with Crippen molar-refractivity contribution >= 4 is 5.65 Å². The third kappa shape index (κ3) is 2.55. The van der Waals surface area contributed by atoms with Gasteiger partial charge >= 0.3 is 0 Å². The second kappa shape index (κ2) is 5.98. The fraction of sp³-hybridized carbons (Fsp3) is 0.150. The van der Waals surface area contributed by atoms with Gasteiger partial charge in [0, 0.05) is 17.8 Å². The van der Waals surface area contributed by atoms with Gasteiger partial charge in [0.05, 0.1) is 22.6 Å². The number of pyridine rings is 1. The minimum atomic E-state index is -0.209. The number of benzene rings is 1. The highest BCUT2D eigenvalue weighted by molar-refractivity contribution is 5.79. The fourth-order valence-electron chi connectivity index (χ4n) is 3.33. The molecule has 1 N–H and O–H groups in total. The molecule has 7 nitrogen and oxygen atoms in total. The molecule has 0 saturated carbocycles. The molecule has 0 unspecified atom stereocenters. The van der Waals surface area contributed by atoms with Crippen LogP contribution in [-0.4, -0.2) is 32.8 Å². The highest BCUT2D eigenvalue weighted by Crippen LogP contribution is 2.34. The van der Waals surface area contributed by atoms with Crippen LogP contribution in [0.5, 0.6) is 11.5 Å². The van der Waals surface area contributed by atoms with E-state index in [1.807, 2.05) is 43.3 Å². The van der Waals surface area contributed by atoms with Crippen molar-refractivity contribution in [3.05, 3.63) is 64.7 Å². The van der Waals surface area contributed by atoms with Gasteiger partial charge in [0.25, 0.3) is 5.56 Å². The van der Waals surface area contributed by atoms with E-state index in [9.17, 15) is 4.79 Å². The minimum absolute atomic E-state index is 0.209. The van der Waals surface area contributed by atoms with Gasteiger partial charge in [0.15, 0.2) is 11.5 Å². The van der Waals surface area contributed by atoms with Crippen molar-refractivity contribution in [2.75, 3.05) is 13.2 Å². The molecular weight excluding hydrogens is 344 g/mol. The summed E-state index contributed by atoms with van der Waals surface area (Å²) in [6.07, 6.45) is 1.72. The second-order valence-electron chi connectivity index (χ2n) is 6.32. The second-order valence-corrected chi connectivity index (χ2v) is 6.32. The summed E-state index contributed by atoms with van der Waals surface area (Å²) < 4.78 is 12.6. The number of aromatic amines is 1. The molecule has 7 heteroatoms. The molecule has 5 rings (SSSR count). The van der Waals surface area contributed by atoms with E-state index in [1.165, 1.54) is 10.6 Å². The summed E-state index contributed by atoms with van der Waals surface area (Å²) >= 11 is 0. The summed E-state index contributed by atoms with van der Waals surface area (Å²) in [5.41, 5.74) is 4.24. The summed E-state index contributed by atoms with van der Waals surface area (Å²) in [7, 11) is 0. The van der Waals surface area contributed by atoms with Crippen molar-refractivity contribution in [1.82, 2.24) is 19.6 Å². The lowest BCUT2D eigenvalue weighted by Gasteiger charge is -2.18. The Balaban J connectivity index is 1.72. The third-order valence-electron chi connectivity index (χ3n) is 4.56. The Bertz CT molecular complexity index is 1210. The molecule has 0 bridgehead atoms. The Labute approximate surface area is 154 Å².